The summed E-state index contributed by atoms with van der Waals surface area (Å²) in [7, 11) is -4.86. The van der Waals surface area contributed by atoms with Crippen LogP contribution in [0.5, 0.6) is 0 Å². The maximum Gasteiger partial charge on any atom is 0.407 e. The Hall–Kier alpha value is -4.71. The van der Waals surface area contributed by atoms with Crippen LogP contribution in [0, 0.1) is 5.41 Å². The van der Waals surface area contributed by atoms with Gasteiger partial charge in [0.1, 0.15) is 18.7 Å². The van der Waals surface area contributed by atoms with Crippen molar-refractivity contribution in [2.45, 2.75) is 77.8 Å². The molecule has 0 heterocycles. The first-order chi connectivity index (χ1) is 22.4. The number of ether oxygens (including phenoxy) is 3. The maximum absolute atomic E-state index is 12.6. The van der Waals surface area contributed by atoms with E-state index in [9.17, 15) is 41.7 Å². The van der Waals surface area contributed by atoms with E-state index in [4.69, 9.17) is 9.47 Å². The standard InChI is InChI=1S/C30H45N5O12S/c1-7-30(5,6)18-47-29(41)32-16-15-31-28(40)46-17-21-9-11-22(12-10-21)35-26(38)20(4)34-25(37)19(3)33-24(36)14-13-23(48(42,43)44)27(39)45-8-2/h8-12,19-20,23H,2,7,13-18H2,1,3-6H3,(H,31,40)(H,32,41)(H,33,36)(H,34,37)(H,35,38)(H,42,43,44)/t19-,20-,23?/m0/s1. The monoisotopic (exact) mass is 699 g/mol. The topological polar surface area (TPSA) is 245 Å². The van der Waals surface area contributed by atoms with Crippen LogP contribution in [0.25, 0.3) is 0 Å². The molecule has 17 nitrogen and oxygen atoms in total. The van der Waals surface area contributed by atoms with E-state index in [0.29, 0.717) is 17.5 Å². The molecule has 1 unspecified atom stereocenters. The lowest BCUT2D eigenvalue weighted by Gasteiger charge is -2.21. The Labute approximate surface area is 279 Å². The lowest BCUT2D eigenvalue weighted by Crippen LogP contribution is -2.50. The number of hydrogen-bond donors (Lipinski definition) is 6. The van der Waals surface area contributed by atoms with Crippen LogP contribution < -0.4 is 26.6 Å². The Morgan fingerprint density at radius 3 is 2.02 bits per heavy atom. The smallest absolute Gasteiger partial charge is 0.407 e. The van der Waals surface area contributed by atoms with Crippen LogP contribution in [0.15, 0.2) is 37.1 Å². The van der Waals surface area contributed by atoms with E-state index in [1.165, 1.54) is 13.8 Å². The largest absolute Gasteiger partial charge is 0.449 e. The summed E-state index contributed by atoms with van der Waals surface area (Å²) in [6.07, 6.45) is -0.890. The van der Waals surface area contributed by atoms with Gasteiger partial charge in [0.25, 0.3) is 10.1 Å². The van der Waals surface area contributed by atoms with E-state index < -0.39 is 76.2 Å². The molecule has 6 N–H and O–H groups in total. The number of esters is 1. The van der Waals surface area contributed by atoms with Crippen molar-refractivity contribution in [2.75, 3.05) is 25.0 Å². The second kappa shape index (κ2) is 19.8. The molecule has 1 aromatic carbocycles. The third kappa shape index (κ3) is 16.2. The van der Waals surface area contributed by atoms with Gasteiger partial charge in [-0.3, -0.25) is 23.7 Å². The predicted molar refractivity (Wildman–Crippen MR) is 173 cm³/mol. The first-order valence-corrected chi connectivity index (χ1v) is 16.5. The normalized spacial score (nSPS) is 13.0. The van der Waals surface area contributed by atoms with E-state index in [2.05, 4.69) is 37.9 Å². The van der Waals surface area contributed by atoms with Crippen molar-refractivity contribution in [1.29, 1.82) is 0 Å². The van der Waals surface area contributed by atoms with Crippen LogP contribution in [0.3, 0.4) is 0 Å². The number of amides is 5. The number of carbonyl (C=O) groups excluding carboxylic acids is 6. The van der Waals surface area contributed by atoms with Gasteiger partial charge in [-0.15, -0.1) is 0 Å². The Morgan fingerprint density at radius 1 is 0.917 bits per heavy atom. The lowest BCUT2D eigenvalue weighted by molar-refractivity contribution is -0.138. The van der Waals surface area contributed by atoms with Gasteiger partial charge in [0.15, 0.2) is 5.25 Å². The van der Waals surface area contributed by atoms with Crippen LogP contribution in [0.2, 0.25) is 0 Å². The minimum Gasteiger partial charge on any atom is -0.449 e. The fourth-order valence-corrected chi connectivity index (χ4v) is 4.18. The number of rotatable bonds is 19. The maximum atomic E-state index is 12.6. The molecule has 0 radical (unpaired) electrons. The number of anilines is 1. The number of carbonyl (C=O) groups is 6. The van der Waals surface area contributed by atoms with E-state index in [1.54, 1.807) is 24.3 Å². The first kappa shape index (κ1) is 41.3. The molecule has 0 aliphatic rings. The van der Waals surface area contributed by atoms with Gasteiger partial charge in [-0.25, -0.2) is 9.59 Å². The minimum absolute atomic E-state index is 0.0624. The van der Waals surface area contributed by atoms with Gasteiger partial charge in [0.05, 0.1) is 12.9 Å². The quantitative estimate of drug-likeness (QED) is 0.0398. The average Bonchev–Trinajstić information content (AvgIpc) is 3.01. The lowest BCUT2D eigenvalue weighted by atomic mass is 9.92. The molecule has 0 saturated carbocycles. The van der Waals surface area contributed by atoms with Gasteiger partial charge in [0.2, 0.25) is 17.7 Å². The molecule has 0 fully saturated rings. The van der Waals surface area contributed by atoms with Crippen LogP contribution >= 0.6 is 0 Å². The molecular weight excluding hydrogens is 654 g/mol. The Morgan fingerprint density at radius 2 is 1.48 bits per heavy atom. The highest BCUT2D eigenvalue weighted by molar-refractivity contribution is 7.87. The number of benzene rings is 1. The van der Waals surface area contributed by atoms with E-state index >= 15 is 0 Å². The molecule has 268 valence electrons. The van der Waals surface area contributed by atoms with Crippen molar-refractivity contribution in [3.63, 3.8) is 0 Å². The third-order valence-electron chi connectivity index (χ3n) is 6.78. The van der Waals surface area contributed by atoms with E-state index in [1.807, 2.05) is 20.8 Å². The van der Waals surface area contributed by atoms with Crippen LogP contribution in [0.4, 0.5) is 15.3 Å². The molecule has 0 spiro atoms. The predicted octanol–water partition coefficient (Wildman–Crippen LogP) is 1.75. The number of alkyl carbamates (subject to hydrolysis) is 2. The van der Waals surface area contributed by atoms with Crippen LogP contribution in [0.1, 0.15) is 59.4 Å². The molecule has 1 aromatic rings. The van der Waals surface area contributed by atoms with E-state index in [-0.39, 0.29) is 31.7 Å². The summed E-state index contributed by atoms with van der Waals surface area (Å²) in [4.78, 5) is 72.7. The summed E-state index contributed by atoms with van der Waals surface area (Å²) in [5.41, 5.74) is 0.885. The summed E-state index contributed by atoms with van der Waals surface area (Å²) >= 11 is 0. The summed E-state index contributed by atoms with van der Waals surface area (Å²) in [6.45, 7) is 12.3. The SMILES string of the molecule is C=COC(=O)C(CCC(=O)N[C@@H](C)C(=O)N[C@@H](C)C(=O)Nc1ccc(COC(=O)NCCNC(=O)OCC(C)(C)CC)cc1)S(=O)(=O)O. The molecule has 48 heavy (non-hydrogen) atoms. The molecule has 3 atom stereocenters. The summed E-state index contributed by atoms with van der Waals surface area (Å²) in [5.74, 6) is -3.41. The fourth-order valence-electron chi connectivity index (χ4n) is 3.47. The molecule has 0 aliphatic carbocycles. The summed E-state index contributed by atoms with van der Waals surface area (Å²) in [5, 5.41) is 10.4. The Bertz CT molecular complexity index is 1400. The van der Waals surface area contributed by atoms with Crippen molar-refractivity contribution in [3.05, 3.63) is 42.7 Å². The molecule has 5 amide bonds. The molecule has 1 rings (SSSR count). The molecule has 0 saturated heterocycles. The van der Waals surface area contributed by atoms with Crippen molar-refractivity contribution < 1.29 is 55.9 Å². The first-order valence-electron chi connectivity index (χ1n) is 15.0. The van der Waals surface area contributed by atoms with Gasteiger partial charge in [0, 0.05) is 25.2 Å². The molecule has 0 aliphatic heterocycles. The number of hydrogen-bond acceptors (Lipinski definition) is 11. The second-order valence-electron chi connectivity index (χ2n) is 11.4. The molecule has 0 bridgehead atoms. The fraction of sp³-hybridized carbons (Fsp3) is 0.533. The number of nitrogens with one attached hydrogen (secondary N) is 5. The Balaban J connectivity index is 2.43. The zero-order valence-corrected chi connectivity index (χ0v) is 28.4. The van der Waals surface area contributed by atoms with Crippen molar-refractivity contribution in [2.24, 2.45) is 5.41 Å². The third-order valence-corrected chi connectivity index (χ3v) is 7.93. The van der Waals surface area contributed by atoms with Crippen molar-refractivity contribution >= 4 is 51.7 Å². The average molecular weight is 700 g/mol. The highest BCUT2D eigenvalue weighted by Crippen LogP contribution is 2.19. The van der Waals surface area contributed by atoms with Gasteiger partial charge in [-0.2, -0.15) is 8.42 Å². The zero-order valence-electron chi connectivity index (χ0n) is 27.6. The van der Waals surface area contributed by atoms with Crippen molar-refractivity contribution in [1.82, 2.24) is 21.3 Å². The Kier molecular flexibility index (Phi) is 17.1. The summed E-state index contributed by atoms with van der Waals surface area (Å²) < 4.78 is 46.7. The summed E-state index contributed by atoms with van der Waals surface area (Å²) in [6, 6.07) is 4.19. The molecular formula is C30H45N5O12S. The van der Waals surface area contributed by atoms with Crippen molar-refractivity contribution in [3.8, 4) is 0 Å². The molecule has 18 heteroatoms. The highest BCUT2D eigenvalue weighted by atomic mass is 32.2. The van der Waals surface area contributed by atoms with Crippen LogP contribution in [-0.4, -0.2) is 85.9 Å². The van der Waals surface area contributed by atoms with Crippen LogP contribution in [-0.2, 0) is 50.1 Å². The molecule has 0 aromatic heterocycles. The second-order valence-corrected chi connectivity index (χ2v) is 13.0. The zero-order chi connectivity index (χ0) is 36.5. The van der Waals surface area contributed by atoms with Gasteiger partial charge in [-0.05, 0) is 49.8 Å². The van der Waals surface area contributed by atoms with Gasteiger partial charge >= 0.3 is 18.2 Å². The van der Waals surface area contributed by atoms with E-state index in [0.717, 1.165) is 6.42 Å². The minimum atomic E-state index is -4.86. The highest BCUT2D eigenvalue weighted by Gasteiger charge is 2.33. The van der Waals surface area contributed by atoms with Gasteiger partial charge in [-0.1, -0.05) is 39.5 Å². The van der Waals surface area contributed by atoms with Gasteiger partial charge < -0.3 is 40.8 Å².